The van der Waals surface area contributed by atoms with E-state index in [1.807, 2.05) is 0 Å². The number of fused-ring (bicyclic) bond motifs is 3. The first-order valence-electron chi connectivity index (χ1n) is 9.55. The standard InChI is InChI=1S/C20H32O3/c1-17(2)14-6-9-19-10-13(20(23,11-19)12-21)4-5-15(19)18(14,3)8-7-16(17)22/h13-15,21,23H,4-12H2,1-3H3/t13-,14+,15-,18+,19-,20-/m1/s1. The van der Waals surface area contributed by atoms with Gasteiger partial charge >= 0.3 is 0 Å². The summed E-state index contributed by atoms with van der Waals surface area (Å²) in [5.41, 5.74) is -0.612. The van der Waals surface area contributed by atoms with Gasteiger partial charge in [0.2, 0.25) is 0 Å². The zero-order chi connectivity index (χ0) is 16.7. The van der Waals surface area contributed by atoms with Crippen LogP contribution in [0.2, 0.25) is 0 Å². The predicted molar refractivity (Wildman–Crippen MR) is 88.8 cm³/mol. The van der Waals surface area contributed by atoms with E-state index in [2.05, 4.69) is 20.8 Å². The Balaban J connectivity index is 1.73. The second-order valence-corrected chi connectivity index (χ2v) is 10.1. The van der Waals surface area contributed by atoms with Gasteiger partial charge in [0.25, 0.3) is 0 Å². The lowest BCUT2D eigenvalue weighted by Gasteiger charge is -2.63. The summed E-state index contributed by atoms with van der Waals surface area (Å²) in [4.78, 5) is 12.5. The second kappa shape index (κ2) is 4.60. The number of hydrogen-bond donors (Lipinski definition) is 2. The van der Waals surface area contributed by atoms with Crippen LogP contribution >= 0.6 is 0 Å². The summed E-state index contributed by atoms with van der Waals surface area (Å²) in [5.74, 6) is 1.81. The minimum absolute atomic E-state index is 0.0870. The molecule has 4 saturated carbocycles. The maximum absolute atomic E-state index is 12.5. The molecule has 23 heavy (non-hydrogen) atoms. The Morgan fingerprint density at radius 3 is 2.52 bits per heavy atom. The molecule has 0 amide bonds. The molecule has 4 aliphatic rings. The van der Waals surface area contributed by atoms with Crippen LogP contribution in [0.25, 0.3) is 0 Å². The molecule has 0 saturated heterocycles. The number of aliphatic hydroxyl groups is 2. The molecular formula is C20H32O3. The highest BCUT2D eigenvalue weighted by atomic mass is 16.3. The van der Waals surface area contributed by atoms with E-state index in [1.54, 1.807) is 0 Å². The summed E-state index contributed by atoms with van der Waals surface area (Å²) < 4.78 is 0. The topological polar surface area (TPSA) is 57.5 Å². The molecule has 2 N–H and O–H groups in total. The number of rotatable bonds is 1. The van der Waals surface area contributed by atoms with Crippen molar-refractivity contribution in [3.05, 3.63) is 0 Å². The molecule has 4 fully saturated rings. The van der Waals surface area contributed by atoms with Gasteiger partial charge < -0.3 is 10.2 Å². The molecule has 4 rings (SSSR count). The van der Waals surface area contributed by atoms with Crippen LogP contribution in [0.4, 0.5) is 0 Å². The Morgan fingerprint density at radius 1 is 1.09 bits per heavy atom. The fourth-order valence-corrected chi connectivity index (χ4v) is 7.83. The van der Waals surface area contributed by atoms with Crippen LogP contribution in [-0.2, 0) is 4.79 Å². The molecule has 4 aliphatic carbocycles. The minimum Gasteiger partial charge on any atom is -0.393 e. The Hall–Kier alpha value is -0.410. The minimum atomic E-state index is -0.849. The van der Waals surface area contributed by atoms with Gasteiger partial charge in [0.1, 0.15) is 5.78 Å². The van der Waals surface area contributed by atoms with Gasteiger partial charge in [-0.2, -0.15) is 0 Å². The normalized spacial score (nSPS) is 54.5. The maximum atomic E-state index is 12.5. The smallest absolute Gasteiger partial charge is 0.138 e. The Morgan fingerprint density at radius 2 is 1.83 bits per heavy atom. The first kappa shape index (κ1) is 16.1. The van der Waals surface area contributed by atoms with Crippen molar-refractivity contribution in [1.82, 2.24) is 0 Å². The number of ketones is 1. The highest BCUT2D eigenvalue weighted by Gasteiger charge is 2.67. The lowest BCUT2D eigenvalue weighted by Crippen LogP contribution is -2.58. The van der Waals surface area contributed by atoms with E-state index in [9.17, 15) is 15.0 Å². The highest BCUT2D eigenvalue weighted by molar-refractivity contribution is 5.85. The molecule has 0 radical (unpaired) electrons. The first-order chi connectivity index (χ1) is 10.7. The third kappa shape index (κ3) is 1.87. The molecule has 0 aromatic carbocycles. The lowest BCUT2D eigenvalue weighted by atomic mass is 9.41. The molecule has 130 valence electrons. The van der Waals surface area contributed by atoms with E-state index < -0.39 is 5.60 Å². The number of hydrogen-bond acceptors (Lipinski definition) is 3. The lowest BCUT2D eigenvalue weighted by molar-refractivity contribution is -0.165. The number of carbonyl (C=O) groups excluding carboxylic acids is 1. The van der Waals surface area contributed by atoms with Crippen molar-refractivity contribution in [3.63, 3.8) is 0 Å². The van der Waals surface area contributed by atoms with Crippen molar-refractivity contribution >= 4 is 5.78 Å². The monoisotopic (exact) mass is 320 g/mol. The summed E-state index contributed by atoms with van der Waals surface area (Å²) in [7, 11) is 0. The van der Waals surface area contributed by atoms with Crippen molar-refractivity contribution in [2.24, 2.45) is 34.0 Å². The third-order valence-electron chi connectivity index (χ3n) is 8.89. The molecule has 0 heterocycles. The molecule has 2 bridgehead atoms. The molecular weight excluding hydrogens is 288 g/mol. The van der Waals surface area contributed by atoms with Gasteiger partial charge in [0, 0.05) is 11.8 Å². The number of aliphatic hydroxyl groups excluding tert-OH is 1. The van der Waals surface area contributed by atoms with Crippen LogP contribution in [-0.4, -0.2) is 28.2 Å². The fourth-order valence-electron chi connectivity index (χ4n) is 7.83. The van der Waals surface area contributed by atoms with Crippen LogP contribution in [0.15, 0.2) is 0 Å². The average Bonchev–Trinajstić information content (AvgIpc) is 2.70. The van der Waals surface area contributed by atoms with E-state index in [4.69, 9.17) is 0 Å². The van der Waals surface area contributed by atoms with E-state index in [0.717, 1.165) is 44.9 Å². The van der Waals surface area contributed by atoms with Crippen LogP contribution in [0.1, 0.15) is 72.1 Å². The van der Waals surface area contributed by atoms with Crippen molar-refractivity contribution in [1.29, 1.82) is 0 Å². The third-order valence-corrected chi connectivity index (χ3v) is 8.89. The maximum Gasteiger partial charge on any atom is 0.138 e. The van der Waals surface area contributed by atoms with Gasteiger partial charge in [0.15, 0.2) is 0 Å². The van der Waals surface area contributed by atoms with Crippen LogP contribution < -0.4 is 0 Å². The summed E-state index contributed by atoms with van der Waals surface area (Å²) >= 11 is 0. The van der Waals surface area contributed by atoms with Gasteiger partial charge in [-0.25, -0.2) is 0 Å². The van der Waals surface area contributed by atoms with E-state index in [1.165, 1.54) is 6.42 Å². The fraction of sp³-hybridized carbons (Fsp3) is 0.950. The van der Waals surface area contributed by atoms with Gasteiger partial charge in [-0.3, -0.25) is 4.79 Å². The molecule has 0 unspecified atom stereocenters. The molecule has 0 aliphatic heterocycles. The second-order valence-electron chi connectivity index (χ2n) is 10.1. The highest BCUT2D eigenvalue weighted by Crippen LogP contribution is 2.72. The summed E-state index contributed by atoms with van der Waals surface area (Å²) in [6, 6.07) is 0. The van der Waals surface area contributed by atoms with Crippen molar-refractivity contribution < 1.29 is 15.0 Å². The van der Waals surface area contributed by atoms with Crippen molar-refractivity contribution in [2.45, 2.75) is 77.7 Å². The van der Waals surface area contributed by atoms with Crippen LogP contribution in [0, 0.1) is 34.0 Å². The van der Waals surface area contributed by atoms with Gasteiger partial charge in [-0.15, -0.1) is 0 Å². The summed E-state index contributed by atoms with van der Waals surface area (Å²) in [5, 5.41) is 20.7. The zero-order valence-electron chi connectivity index (χ0n) is 14.9. The van der Waals surface area contributed by atoms with Crippen molar-refractivity contribution in [3.8, 4) is 0 Å². The average molecular weight is 320 g/mol. The Kier molecular flexibility index (Phi) is 3.22. The largest absolute Gasteiger partial charge is 0.393 e. The quantitative estimate of drug-likeness (QED) is 0.779. The molecule has 6 atom stereocenters. The summed E-state index contributed by atoms with van der Waals surface area (Å²) in [6.45, 7) is 6.68. The Labute approximate surface area is 139 Å². The Bertz CT molecular complexity index is 541. The van der Waals surface area contributed by atoms with Crippen LogP contribution in [0.3, 0.4) is 0 Å². The number of carbonyl (C=O) groups is 1. The van der Waals surface area contributed by atoms with E-state index in [0.29, 0.717) is 17.6 Å². The zero-order valence-corrected chi connectivity index (χ0v) is 14.9. The predicted octanol–water partition coefficient (Wildman–Crippen LogP) is 3.32. The van der Waals surface area contributed by atoms with Gasteiger partial charge in [-0.05, 0) is 73.5 Å². The summed E-state index contributed by atoms with van der Waals surface area (Å²) in [6.07, 6.45) is 8.07. The first-order valence-corrected chi connectivity index (χ1v) is 9.55. The van der Waals surface area contributed by atoms with E-state index in [-0.39, 0.29) is 28.8 Å². The van der Waals surface area contributed by atoms with Gasteiger partial charge in [-0.1, -0.05) is 20.8 Å². The van der Waals surface area contributed by atoms with Crippen LogP contribution in [0.5, 0.6) is 0 Å². The SMILES string of the molecule is CC1(C)C(=O)CC[C@@]2(C)[C@H]1CC[C@]13C[C@@H](CC[C@@H]12)[C@](O)(CO)C3. The molecule has 1 spiro atoms. The number of Topliss-reactive ketones (excluding diaryl/α,β-unsaturated/α-hetero) is 1. The molecule has 0 aromatic rings. The molecule has 0 aromatic heterocycles. The molecule has 3 nitrogen and oxygen atoms in total. The molecule has 3 heteroatoms. The van der Waals surface area contributed by atoms with Crippen molar-refractivity contribution in [2.75, 3.05) is 6.61 Å². The van der Waals surface area contributed by atoms with E-state index >= 15 is 0 Å². The van der Waals surface area contributed by atoms with Gasteiger partial charge in [0.05, 0.1) is 12.2 Å².